The van der Waals surface area contributed by atoms with E-state index in [1.54, 1.807) is 7.11 Å². The average Bonchev–Trinajstić information content (AvgIpc) is 2.13. The molecule has 1 unspecified atom stereocenters. The molecule has 0 heterocycles. The predicted molar refractivity (Wildman–Crippen MR) is 59.6 cm³/mol. The van der Waals surface area contributed by atoms with Crippen LogP contribution in [0.3, 0.4) is 0 Å². The highest BCUT2D eigenvalue weighted by Gasteiger charge is 2.15. The third kappa shape index (κ3) is 7.30. The molecule has 86 valence electrons. The van der Waals surface area contributed by atoms with Crippen molar-refractivity contribution in [1.29, 1.82) is 0 Å². The van der Waals surface area contributed by atoms with Gasteiger partial charge in [-0.2, -0.15) is 0 Å². The molecule has 0 rings (SSSR count). The first kappa shape index (κ1) is 13.9. The lowest BCUT2D eigenvalue weighted by Gasteiger charge is -2.23. The number of hydrogen-bond acceptors (Lipinski definition) is 3. The van der Waals surface area contributed by atoms with E-state index in [1.165, 1.54) is 0 Å². The Labute approximate surface area is 88.2 Å². The van der Waals surface area contributed by atoms with Gasteiger partial charge in [-0.1, -0.05) is 6.92 Å². The molecule has 0 spiro atoms. The zero-order chi connectivity index (χ0) is 11.0. The third-order valence-electron chi connectivity index (χ3n) is 2.36. The Morgan fingerprint density at radius 2 is 2.00 bits per heavy atom. The number of hydrogen-bond donors (Lipinski definition) is 1. The topological polar surface area (TPSA) is 30.5 Å². The van der Waals surface area contributed by atoms with Crippen molar-refractivity contribution in [1.82, 2.24) is 5.32 Å². The van der Waals surface area contributed by atoms with E-state index in [0.717, 1.165) is 26.2 Å². The normalized spacial score (nSPS) is 14.4. The molecule has 0 aliphatic rings. The fourth-order valence-electron chi connectivity index (χ4n) is 1.11. The first-order valence-electron chi connectivity index (χ1n) is 5.29. The van der Waals surface area contributed by atoms with Gasteiger partial charge in [-0.05, 0) is 39.8 Å². The van der Waals surface area contributed by atoms with Gasteiger partial charge in [0.15, 0.2) is 0 Å². The number of nitrogens with one attached hydrogen (secondary N) is 1. The van der Waals surface area contributed by atoms with Gasteiger partial charge in [0, 0.05) is 13.7 Å². The van der Waals surface area contributed by atoms with E-state index in [1.807, 2.05) is 7.05 Å². The Hall–Kier alpha value is -0.120. The lowest BCUT2D eigenvalue weighted by Crippen LogP contribution is -2.26. The minimum atomic E-state index is -0.0632. The predicted octanol–water partition coefficient (Wildman–Crippen LogP) is 1.67. The van der Waals surface area contributed by atoms with Gasteiger partial charge < -0.3 is 14.8 Å². The zero-order valence-electron chi connectivity index (χ0n) is 10.2. The van der Waals surface area contributed by atoms with Gasteiger partial charge in [0.2, 0.25) is 0 Å². The summed E-state index contributed by atoms with van der Waals surface area (Å²) in [6.07, 6.45) is 0.940. The number of rotatable bonds is 8. The lowest BCUT2D eigenvalue weighted by atomic mass is 10.1. The van der Waals surface area contributed by atoms with E-state index in [4.69, 9.17) is 9.47 Å². The summed E-state index contributed by atoms with van der Waals surface area (Å²) in [7, 11) is 3.70. The molecule has 0 fully saturated rings. The Balaban J connectivity index is 3.37. The van der Waals surface area contributed by atoms with Crippen LogP contribution in [0.1, 0.15) is 27.2 Å². The minimum absolute atomic E-state index is 0.0632. The van der Waals surface area contributed by atoms with Crippen LogP contribution in [0.25, 0.3) is 0 Å². The van der Waals surface area contributed by atoms with Gasteiger partial charge in [0.1, 0.15) is 0 Å². The third-order valence-corrected chi connectivity index (χ3v) is 2.36. The van der Waals surface area contributed by atoms with Crippen molar-refractivity contribution in [3.63, 3.8) is 0 Å². The van der Waals surface area contributed by atoms with Crippen LogP contribution in [-0.2, 0) is 9.47 Å². The van der Waals surface area contributed by atoms with E-state index in [9.17, 15) is 0 Å². The molecule has 0 aromatic heterocycles. The van der Waals surface area contributed by atoms with Crippen molar-refractivity contribution in [3.05, 3.63) is 0 Å². The largest absolute Gasteiger partial charge is 0.381 e. The number of ether oxygens (including phenoxy) is 2. The summed E-state index contributed by atoms with van der Waals surface area (Å²) in [5, 5.41) is 3.13. The Morgan fingerprint density at radius 1 is 1.36 bits per heavy atom. The van der Waals surface area contributed by atoms with Crippen LogP contribution in [0, 0.1) is 5.92 Å². The molecule has 3 heteroatoms. The zero-order valence-corrected chi connectivity index (χ0v) is 10.2. The molecule has 0 saturated heterocycles. The second-order valence-corrected chi connectivity index (χ2v) is 4.45. The lowest BCUT2D eigenvalue weighted by molar-refractivity contribution is -0.0134. The summed E-state index contributed by atoms with van der Waals surface area (Å²) in [5.74, 6) is 0.575. The van der Waals surface area contributed by atoms with Gasteiger partial charge in [-0.3, -0.25) is 0 Å². The highest BCUT2D eigenvalue weighted by molar-refractivity contribution is 4.66. The molecule has 0 saturated carbocycles. The second-order valence-electron chi connectivity index (χ2n) is 4.45. The highest BCUT2D eigenvalue weighted by Crippen LogP contribution is 2.12. The van der Waals surface area contributed by atoms with Gasteiger partial charge in [0.25, 0.3) is 0 Å². The molecular weight excluding hydrogens is 178 g/mol. The average molecular weight is 203 g/mol. The van der Waals surface area contributed by atoms with Crippen LogP contribution in [0.4, 0.5) is 0 Å². The quantitative estimate of drug-likeness (QED) is 0.609. The fourth-order valence-corrected chi connectivity index (χ4v) is 1.11. The molecule has 0 aliphatic carbocycles. The summed E-state index contributed by atoms with van der Waals surface area (Å²) in [6, 6.07) is 0. The minimum Gasteiger partial charge on any atom is -0.381 e. The number of methoxy groups -OCH3 is 1. The molecule has 0 radical (unpaired) electrons. The van der Waals surface area contributed by atoms with E-state index in [0.29, 0.717) is 5.92 Å². The van der Waals surface area contributed by atoms with E-state index in [-0.39, 0.29) is 5.60 Å². The monoisotopic (exact) mass is 203 g/mol. The SMILES string of the molecule is CNCC(C)COCCC(C)(C)OC. The summed E-state index contributed by atoms with van der Waals surface area (Å²) in [4.78, 5) is 0. The maximum absolute atomic E-state index is 5.57. The smallest absolute Gasteiger partial charge is 0.0644 e. The van der Waals surface area contributed by atoms with Crippen LogP contribution in [0.15, 0.2) is 0 Å². The van der Waals surface area contributed by atoms with Gasteiger partial charge in [0.05, 0.1) is 12.2 Å². The Bertz CT molecular complexity index is 137. The molecule has 1 atom stereocenters. The van der Waals surface area contributed by atoms with Crippen molar-refractivity contribution >= 4 is 0 Å². The maximum atomic E-state index is 5.57. The molecule has 1 N–H and O–H groups in total. The van der Waals surface area contributed by atoms with Gasteiger partial charge >= 0.3 is 0 Å². The Kier molecular flexibility index (Phi) is 7.15. The summed E-state index contributed by atoms with van der Waals surface area (Å²) in [5.41, 5.74) is -0.0632. The van der Waals surface area contributed by atoms with Crippen molar-refractivity contribution in [2.24, 2.45) is 5.92 Å². The molecular formula is C11H25NO2. The first-order valence-corrected chi connectivity index (χ1v) is 5.29. The summed E-state index contributed by atoms with van der Waals surface area (Å²) >= 11 is 0. The standard InChI is InChI=1S/C11H25NO2/c1-10(8-12-4)9-14-7-6-11(2,3)13-5/h10,12H,6-9H2,1-5H3. The highest BCUT2D eigenvalue weighted by atomic mass is 16.5. The summed E-state index contributed by atoms with van der Waals surface area (Å²) in [6.45, 7) is 8.93. The van der Waals surface area contributed by atoms with Crippen LogP contribution < -0.4 is 5.32 Å². The van der Waals surface area contributed by atoms with Crippen LogP contribution in [0.5, 0.6) is 0 Å². The van der Waals surface area contributed by atoms with Gasteiger partial charge in [-0.25, -0.2) is 0 Å². The molecule has 0 amide bonds. The van der Waals surface area contributed by atoms with E-state index in [2.05, 4.69) is 26.1 Å². The van der Waals surface area contributed by atoms with Crippen molar-refractivity contribution in [2.45, 2.75) is 32.8 Å². The van der Waals surface area contributed by atoms with Crippen molar-refractivity contribution in [2.75, 3.05) is 33.9 Å². The van der Waals surface area contributed by atoms with Crippen LogP contribution in [0.2, 0.25) is 0 Å². The summed E-state index contributed by atoms with van der Waals surface area (Å²) < 4.78 is 10.9. The van der Waals surface area contributed by atoms with Crippen molar-refractivity contribution in [3.8, 4) is 0 Å². The maximum Gasteiger partial charge on any atom is 0.0644 e. The molecule has 14 heavy (non-hydrogen) atoms. The molecule has 0 aromatic carbocycles. The van der Waals surface area contributed by atoms with Crippen LogP contribution in [-0.4, -0.2) is 39.5 Å². The van der Waals surface area contributed by atoms with Crippen molar-refractivity contribution < 1.29 is 9.47 Å². The van der Waals surface area contributed by atoms with E-state index >= 15 is 0 Å². The molecule has 0 bridgehead atoms. The first-order chi connectivity index (χ1) is 6.52. The molecule has 3 nitrogen and oxygen atoms in total. The molecule has 0 aromatic rings. The van der Waals surface area contributed by atoms with E-state index < -0.39 is 0 Å². The fraction of sp³-hybridized carbons (Fsp3) is 1.00. The van der Waals surface area contributed by atoms with Gasteiger partial charge in [-0.15, -0.1) is 0 Å². The molecule has 0 aliphatic heterocycles. The second kappa shape index (κ2) is 7.21. The van der Waals surface area contributed by atoms with Crippen LogP contribution >= 0.6 is 0 Å². The Morgan fingerprint density at radius 3 is 2.50 bits per heavy atom.